The molecule has 0 saturated carbocycles. The molecule has 0 radical (unpaired) electrons. The van der Waals surface area contributed by atoms with E-state index in [1.807, 2.05) is 43.3 Å². The minimum atomic E-state index is -0.454. The van der Waals surface area contributed by atoms with Gasteiger partial charge >= 0.3 is 0 Å². The maximum atomic E-state index is 13.5. The molecular formula is C26H24FN3O3. The fourth-order valence-electron chi connectivity index (χ4n) is 3.60. The summed E-state index contributed by atoms with van der Waals surface area (Å²) in [6, 6.07) is 20.7. The lowest BCUT2D eigenvalue weighted by Crippen LogP contribution is -2.30. The Bertz CT molecular complexity index is 1360. The number of rotatable bonds is 7. The Kier molecular flexibility index (Phi) is 6.40. The number of aryl methyl sites for hydroxylation is 1. The average Bonchev–Trinajstić information content (AvgIpc) is 2.80. The number of hydrogen-bond donors (Lipinski definition) is 2. The van der Waals surface area contributed by atoms with Crippen LogP contribution in [0.25, 0.3) is 10.9 Å². The first kappa shape index (κ1) is 22.1. The predicted molar refractivity (Wildman–Crippen MR) is 128 cm³/mol. The van der Waals surface area contributed by atoms with Crippen molar-refractivity contribution >= 4 is 28.2 Å². The van der Waals surface area contributed by atoms with Crippen LogP contribution in [0.15, 0.2) is 77.6 Å². The van der Waals surface area contributed by atoms with Gasteiger partial charge in [0.05, 0.1) is 12.6 Å². The molecule has 6 nitrogen and oxygen atoms in total. The van der Waals surface area contributed by atoms with E-state index in [0.29, 0.717) is 29.1 Å². The van der Waals surface area contributed by atoms with E-state index < -0.39 is 11.7 Å². The summed E-state index contributed by atoms with van der Waals surface area (Å²) >= 11 is 0. The number of amides is 1. The molecule has 0 unspecified atom stereocenters. The molecule has 1 aromatic heterocycles. The molecule has 0 aliphatic heterocycles. The smallest absolute Gasteiger partial charge is 0.256 e. The summed E-state index contributed by atoms with van der Waals surface area (Å²) in [6.07, 6.45) is 0. The van der Waals surface area contributed by atoms with Gasteiger partial charge < -0.3 is 15.4 Å². The third kappa shape index (κ3) is 5.20. The van der Waals surface area contributed by atoms with Gasteiger partial charge in [-0.25, -0.2) is 4.39 Å². The SMILES string of the molecule is COc1ccc2cc(CNc3ccc(C)cc3)c(=O)n(CC(=O)Nc3cccc(F)c3)c2c1. The lowest BCUT2D eigenvalue weighted by atomic mass is 10.1. The molecule has 0 saturated heterocycles. The summed E-state index contributed by atoms with van der Waals surface area (Å²) in [5, 5.41) is 6.71. The molecular weight excluding hydrogens is 421 g/mol. The van der Waals surface area contributed by atoms with E-state index in [4.69, 9.17) is 4.74 Å². The predicted octanol–water partition coefficient (Wildman–Crippen LogP) is 4.71. The van der Waals surface area contributed by atoms with Crippen LogP contribution in [-0.4, -0.2) is 17.6 Å². The number of aromatic nitrogens is 1. The van der Waals surface area contributed by atoms with E-state index in [0.717, 1.165) is 16.6 Å². The van der Waals surface area contributed by atoms with Gasteiger partial charge in [-0.1, -0.05) is 23.8 Å². The maximum absolute atomic E-state index is 13.5. The van der Waals surface area contributed by atoms with E-state index in [1.165, 1.54) is 22.8 Å². The maximum Gasteiger partial charge on any atom is 0.256 e. The molecule has 2 N–H and O–H groups in total. The Balaban J connectivity index is 1.67. The van der Waals surface area contributed by atoms with E-state index >= 15 is 0 Å². The number of fused-ring (bicyclic) bond motifs is 1. The zero-order valence-electron chi connectivity index (χ0n) is 18.4. The number of nitrogens with one attached hydrogen (secondary N) is 2. The van der Waals surface area contributed by atoms with Crippen LogP contribution in [0.4, 0.5) is 15.8 Å². The third-order valence-corrected chi connectivity index (χ3v) is 5.32. The number of anilines is 2. The van der Waals surface area contributed by atoms with Crippen LogP contribution in [0.3, 0.4) is 0 Å². The minimum absolute atomic E-state index is 0.225. The number of methoxy groups -OCH3 is 1. The Morgan fingerprint density at radius 1 is 1.00 bits per heavy atom. The lowest BCUT2D eigenvalue weighted by molar-refractivity contribution is -0.116. The normalized spacial score (nSPS) is 10.8. The van der Waals surface area contributed by atoms with Gasteiger partial charge in [0.2, 0.25) is 5.91 Å². The molecule has 33 heavy (non-hydrogen) atoms. The Morgan fingerprint density at radius 2 is 1.79 bits per heavy atom. The Hall–Kier alpha value is -4.13. The fraction of sp³-hybridized carbons (Fsp3) is 0.154. The van der Waals surface area contributed by atoms with Gasteiger partial charge in [-0.15, -0.1) is 0 Å². The summed E-state index contributed by atoms with van der Waals surface area (Å²) in [5.74, 6) is -0.313. The molecule has 0 bridgehead atoms. The lowest BCUT2D eigenvalue weighted by Gasteiger charge is -2.15. The van der Waals surface area contributed by atoms with E-state index in [9.17, 15) is 14.0 Å². The van der Waals surface area contributed by atoms with Crippen LogP contribution < -0.4 is 20.9 Å². The standard InChI is InChI=1S/C26H24FN3O3/c1-17-6-9-21(10-7-17)28-15-19-12-18-8-11-23(33-2)14-24(18)30(26(19)32)16-25(31)29-22-5-3-4-20(27)13-22/h3-14,28H,15-16H2,1-2H3,(H,29,31). The summed E-state index contributed by atoms with van der Waals surface area (Å²) in [6.45, 7) is 2.09. The summed E-state index contributed by atoms with van der Waals surface area (Å²) in [7, 11) is 1.54. The Morgan fingerprint density at radius 3 is 2.52 bits per heavy atom. The number of hydrogen-bond acceptors (Lipinski definition) is 4. The van der Waals surface area contributed by atoms with Gasteiger partial charge in [0.1, 0.15) is 18.1 Å². The number of pyridine rings is 1. The van der Waals surface area contributed by atoms with Crippen molar-refractivity contribution in [2.24, 2.45) is 0 Å². The van der Waals surface area contributed by atoms with Crippen molar-refractivity contribution in [1.29, 1.82) is 0 Å². The van der Waals surface area contributed by atoms with Crippen molar-refractivity contribution < 1.29 is 13.9 Å². The molecule has 1 amide bonds. The number of halogens is 1. The van der Waals surface area contributed by atoms with Crippen molar-refractivity contribution in [2.75, 3.05) is 17.7 Å². The summed E-state index contributed by atoms with van der Waals surface area (Å²) in [4.78, 5) is 26.1. The molecule has 1 heterocycles. The first-order valence-corrected chi connectivity index (χ1v) is 10.5. The fourth-order valence-corrected chi connectivity index (χ4v) is 3.60. The van der Waals surface area contributed by atoms with Crippen LogP contribution >= 0.6 is 0 Å². The van der Waals surface area contributed by atoms with Crippen molar-refractivity contribution in [3.05, 3.63) is 100 Å². The zero-order valence-corrected chi connectivity index (χ0v) is 18.4. The second-order valence-electron chi connectivity index (χ2n) is 7.76. The third-order valence-electron chi connectivity index (χ3n) is 5.32. The van der Waals surface area contributed by atoms with Gasteiger partial charge in [-0.2, -0.15) is 0 Å². The largest absolute Gasteiger partial charge is 0.497 e. The highest BCUT2D eigenvalue weighted by Gasteiger charge is 2.14. The van der Waals surface area contributed by atoms with Gasteiger partial charge in [-0.3, -0.25) is 14.2 Å². The van der Waals surface area contributed by atoms with Crippen LogP contribution in [0, 0.1) is 12.7 Å². The number of benzene rings is 3. The second-order valence-corrected chi connectivity index (χ2v) is 7.76. The molecule has 7 heteroatoms. The van der Waals surface area contributed by atoms with E-state index in [1.54, 1.807) is 25.3 Å². The van der Waals surface area contributed by atoms with Crippen molar-refractivity contribution in [3.8, 4) is 5.75 Å². The topological polar surface area (TPSA) is 72.4 Å². The van der Waals surface area contributed by atoms with Crippen LogP contribution in [0.2, 0.25) is 0 Å². The molecule has 4 rings (SSSR count). The monoisotopic (exact) mass is 445 g/mol. The molecule has 0 spiro atoms. The van der Waals surface area contributed by atoms with Crippen LogP contribution in [0.5, 0.6) is 5.75 Å². The number of carbonyl (C=O) groups is 1. The molecule has 0 fully saturated rings. The van der Waals surface area contributed by atoms with Crippen LogP contribution in [-0.2, 0) is 17.9 Å². The molecule has 0 aliphatic carbocycles. The van der Waals surface area contributed by atoms with Crippen molar-refractivity contribution in [1.82, 2.24) is 4.57 Å². The van der Waals surface area contributed by atoms with E-state index in [-0.39, 0.29) is 12.1 Å². The van der Waals surface area contributed by atoms with Crippen LogP contribution in [0.1, 0.15) is 11.1 Å². The number of nitrogens with zero attached hydrogens (tertiary/aromatic N) is 1. The quantitative estimate of drug-likeness (QED) is 0.432. The van der Waals surface area contributed by atoms with Crippen molar-refractivity contribution in [3.63, 3.8) is 0 Å². The second kappa shape index (κ2) is 9.56. The number of ether oxygens (including phenoxy) is 1. The zero-order chi connectivity index (χ0) is 23.4. The number of carbonyl (C=O) groups excluding carboxylic acids is 1. The molecule has 3 aromatic carbocycles. The average molecular weight is 445 g/mol. The first-order valence-electron chi connectivity index (χ1n) is 10.5. The highest BCUT2D eigenvalue weighted by Crippen LogP contribution is 2.21. The van der Waals surface area contributed by atoms with Gasteiger partial charge in [0.15, 0.2) is 0 Å². The van der Waals surface area contributed by atoms with Gasteiger partial charge in [0, 0.05) is 29.5 Å². The van der Waals surface area contributed by atoms with Gasteiger partial charge in [-0.05, 0) is 60.8 Å². The molecule has 4 aromatic rings. The van der Waals surface area contributed by atoms with E-state index in [2.05, 4.69) is 10.6 Å². The highest BCUT2D eigenvalue weighted by atomic mass is 19.1. The molecule has 168 valence electrons. The molecule has 0 atom stereocenters. The minimum Gasteiger partial charge on any atom is -0.497 e. The summed E-state index contributed by atoms with van der Waals surface area (Å²) in [5.41, 5.74) is 3.17. The summed E-state index contributed by atoms with van der Waals surface area (Å²) < 4.78 is 20.2. The van der Waals surface area contributed by atoms with Gasteiger partial charge in [0.25, 0.3) is 5.56 Å². The highest BCUT2D eigenvalue weighted by molar-refractivity contribution is 5.92. The molecule has 0 aliphatic rings. The Labute approximate surface area is 190 Å². The van der Waals surface area contributed by atoms with Crippen molar-refractivity contribution in [2.45, 2.75) is 20.0 Å². The first-order chi connectivity index (χ1) is 15.9.